The third-order valence-electron chi connectivity index (χ3n) is 2.16. The number of carboxylic acids is 1. The van der Waals surface area contributed by atoms with Gasteiger partial charge in [-0.2, -0.15) is 0 Å². The molecular weight excluding hydrogens is 204 g/mol. The lowest BCUT2D eigenvalue weighted by Crippen LogP contribution is -2.23. The lowest BCUT2D eigenvalue weighted by molar-refractivity contribution is -0.143. The summed E-state index contributed by atoms with van der Waals surface area (Å²) in [5, 5.41) is 8.52. The quantitative estimate of drug-likeness (QED) is 0.837. The molecule has 1 heterocycles. The number of alkyl halides is 1. The fraction of sp³-hybridized carbons (Fsp3) is 0.400. The van der Waals surface area contributed by atoms with E-state index in [2.05, 4.69) is 4.98 Å². The molecule has 1 aromatic heterocycles. The molecule has 0 aliphatic carbocycles. The van der Waals surface area contributed by atoms with Crippen molar-refractivity contribution in [2.75, 3.05) is 0 Å². The summed E-state index contributed by atoms with van der Waals surface area (Å²) in [6.07, 6.45) is -0.758. The van der Waals surface area contributed by atoms with Crippen LogP contribution in [0.1, 0.15) is 25.0 Å². The molecule has 0 amide bonds. The molecule has 0 radical (unpaired) electrons. The number of nitrogens with zero attached hydrogens (tertiary/aromatic N) is 1. The van der Waals surface area contributed by atoms with Gasteiger partial charge in [-0.15, -0.1) is 0 Å². The number of aromatic nitrogens is 1. The van der Waals surface area contributed by atoms with E-state index < -0.39 is 23.9 Å². The van der Waals surface area contributed by atoms with Gasteiger partial charge >= 0.3 is 5.97 Å². The molecule has 0 spiro atoms. The highest BCUT2D eigenvalue weighted by Gasteiger charge is 2.28. The molecular formula is C10H11F2NO2. The number of hydrogen-bond acceptors (Lipinski definition) is 2. The van der Waals surface area contributed by atoms with Crippen LogP contribution in [0.2, 0.25) is 0 Å². The predicted molar refractivity (Wildman–Crippen MR) is 49.8 cm³/mol. The van der Waals surface area contributed by atoms with Crippen LogP contribution in [-0.2, 0) is 4.79 Å². The molecule has 1 rings (SSSR count). The van der Waals surface area contributed by atoms with Crippen molar-refractivity contribution >= 4 is 5.97 Å². The number of aliphatic carboxylic acids is 1. The maximum Gasteiger partial charge on any atom is 0.338 e. The summed E-state index contributed by atoms with van der Waals surface area (Å²) in [6, 6.07) is 2.44. The Balaban J connectivity index is 2.92. The second-order valence-electron chi connectivity index (χ2n) is 3.16. The largest absolute Gasteiger partial charge is 0.479 e. The fourth-order valence-electron chi connectivity index (χ4n) is 1.34. The molecule has 0 aliphatic rings. The standard InChI is InChI=1S/C10H11F2NO2/c1-2-7(9(12)10(14)15)8-4-3-6(11)5-13-8/h3-5,7,9H,2H2,1H3,(H,14,15). The Labute approximate surface area is 85.8 Å². The Morgan fingerprint density at radius 1 is 1.60 bits per heavy atom. The van der Waals surface area contributed by atoms with Crippen molar-refractivity contribution in [1.82, 2.24) is 4.98 Å². The molecule has 0 aromatic carbocycles. The van der Waals surface area contributed by atoms with Crippen LogP contribution in [0.3, 0.4) is 0 Å². The average molecular weight is 215 g/mol. The number of pyridine rings is 1. The Morgan fingerprint density at radius 3 is 2.67 bits per heavy atom. The molecule has 0 bridgehead atoms. The zero-order chi connectivity index (χ0) is 11.4. The van der Waals surface area contributed by atoms with E-state index in [0.717, 1.165) is 12.3 Å². The number of rotatable bonds is 4. The van der Waals surface area contributed by atoms with Gasteiger partial charge in [-0.05, 0) is 18.6 Å². The molecule has 2 atom stereocenters. The van der Waals surface area contributed by atoms with Crippen molar-refractivity contribution in [3.63, 3.8) is 0 Å². The molecule has 15 heavy (non-hydrogen) atoms. The third kappa shape index (κ3) is 2.71. The first-order valence-electron chi connectivity index (χ1n) is 4.54. The summed E-state index contributed by atoms with van der Waals surface area (Å²) in [7, 11) is 0. The smallest absolute Gasteiger partial charge is 0.338 e. The van der Waals surface area contributed by atoms with E-state index in [1.807, 2.05) is 0 Å². The van der Waals surface area contributed by atoms with Gasteiger partial charge in [0.2, 0.25) is 6.17 Å². The van der Waals surface area contributed by atoms with Crippen LogP contribution in [-0.4, -0.2) is 22.2 Å². The van der Waals surface area contributed by atoms with Crippen LogP contribution < -0.4 is 0 Å². The van der Waals surface area contributed by atoms with Gasteiger partial charge < -0.3 is 5.11 Å². The zero-order valence-corrected chi connectivity index (χ0v) is 8.15. The van der Waals surface area contributed by atoms with Gasteiger partial charge in [0.1, 0.15) is 5.82 Å². The minimum absolute atomic E-state index is 0.258. The number of halogens is 2. The van der Waals surface area contributed by atoms with Gasteiger partial charge in [0.25, 0.3) is 0 Å². The molecule has 0 saturated heterocycles. The predicted octanol–water partition coefficient (Wildman–Crippen LogP) is 2.14. The summed E-state index contributed by atoms with van der Waals surface area (Å²) in [6.45, 7) is 1.66. The Bertz CT molecular complexity index is 340. The second kappa shape index (κ2) is 4.82. The minimum Gasteiger partial charge on any atom is -0.479 e. The van der Waals surface area contributed by atoms with E-state index >= 15 is 0 Å². The molecule has 1 aromatic rings. The van der Waals surface area contributed by atoms with E-state index in [0.29, 0.717) is 6.42 Å². The molecule has 82 valence electrons. The highest BCUT2D eigenvalue weighted by atomic mass is 19.1. The monoisotopic (exact) mass is 215 g/mol. The first kappa shape index (κ1) is 11.6. The van der Waals surface area contributed by atoms with E-state index in [1.54, 1.807) is 6.92 Å². The Hall–Kier alpha value is -1.52. The molecule has 5 heteroatoms. The highest BCUT2D eigenvalue weighted by Crippen LogP contribution is 2.24. The maximum atomic E-state index is 13.2. The van der Waals surface area contributed by atoms with Crippen molar-refractivity contribution in [2.45, 2.75) is 25.4 Å². The summed E-state index contributed by atoms with van der Waals surface area (Å²) in [5.74, 6) is -2.88. The molecule has 2 unspecified atom stereocenters. The van der Waals surface area contributed by atoms with E-state index in [4.69, 9.17) is 5.11 Å². The molecule has 3 nitrogen and oxygen atoms in total. The van der Waals surface area contributed by atoms with Crippen LogP contribution in [0, 0.1) is 5.82 Å². The average Bonchev–Trinajstić information content (AvgIpc) is 2.21. The molecule has 0 fully saturated rings. The summed E-state index contributed by atoms with van der Waals surface area (Å²) in [5.41, 5.74) is 0.258. The minimum atomic E-state index is -2.01. The SMILES string of the molecule is CCC(c1ccc(F)cn1)C(F)C(=O)O. The van der Waals surface area contributed by atoms with Crippen LogP contribution in [0.25, 0.3) is 0 Å². The summed E-state index contributed by atoms with van der Waals surface area (Å²) in [4.78, 5) is 14.1. The van der Waals surface area contributed by atoms with Crippen LogP contribution in [0.5, 0.6) is 0 Å². The van der Waals surface area contributed by atoms with Gasteiger partial charge in [0.15, 0.2) is 0 Å². The lowest BCUT2D eigenvalue weighted by atomic mass is 9.96. The zero-order valence-electron chi connectivity index (χ0n) is 8.15. The Morgan fingerprint density at radius 2 is 2.27 bits per heavy atom. The summed E-state index contributed by atoms with van der Waals surface area (Å²) >= 11 is 0. The van der Waals surface area contributed by atoms with Crippen molar-refractivity contribution in [3.8, 4) is 0 Å². The van der Waals surface area contributed by atoms with E-state index in [9.17, 15) is 13.6 Å². The summed E-state index contributed by atoms with van der Waals surface area (Å²) < 4.78 is 25.8. The first-order chi connectivity index (χ1) is 7.06. The van der Waals surface area contributed by atoms with Crippen molar-refractivity contribution < 1.29 is 18.7 Å². The van der Waals surface area contributed by atoms with Gasteiger partial charge in [-0.3, -0.25) is 4.98 Å². The normalized spacial score (nSPS) is 14.6. The lowest BCUT2D eigenvalue weighted by Gasteiger charge is -2.15. The van der Waals surface area contributed by atoms with Crippen LogP contribution in [0.4, 0.5) is 8.78 Å². The van der Waals surface area contributed by atoms with Crippen LogP contribution >= 0.6 is 0 Å². The fourth-order valence-corrected chi connectivity index (χ4v) is 1.34. The Kier molecular flexibility index (Phi) is 3.71. The topological polar surface area (TPSA) is 50.2 Å². The van der Waals surface area contributed by atoms with Gasteiger partial charge in [0, 0.05) is 11.6 Å². The number of hydrogen-bond donors (Lipinski definition) is 1. The van der Waals surface area contributed by atoms with Crippen LogP contribution in [0.15, 0.2) is 18.3 Å². The number of carbonyl (C=O) groups is 1. The third-order valence-corrected chi connectivity index (χ3v) is 2.16. The molecule has 0 aliphatic heterocycles. The molecule has 0 saturated carbocycles. The highest BCUT2D eigenvalue weighted by molar-refractivity contribution is 5.73. The maximum absolute atomic E-state index is 13.2. The van der Waals surface area contributed by atoms with Crippen molar-refractivity contribution in [2.24, 2.45) is 0 Å². The molecule has 1 N–H and O–H groups in total. The van der Waals surface area contributed by atoms with Crippen molar-refractivity contribution in [3.05, 3.63) is 29.8 Å². The number of carboxylic acid groups (broad SMARTS) is 1. The van der Waals surface area contributed by atoms with Gasteiger partial charge in [-0.1, -0.05) is 6.92 Å². The van der Waals surface area contributed by atoms with E-state index in [-0.39, 0.29) is 5.69 Å². The second-order valence-corrected chi connectivity index (χ2v) is 3.16. The van der Waals surface area contributed by atoms with E-state index in [1.165, 1.54) is 6.07 Å². The van der Waals surface area contributed by atoms with Gasteiger partial charge in [-0.25, -0.2) is 13.6 Å². The van der Waals surface area contributed by atoms with Crippen molar-refractivity contribution in [1.29, 1.82) is 0 Å². The first-order valence-corrected chi connectivity index (χ1v) is 4.54. The van der Waals surface area contributed by atoms with Gasteiger partial charge in [0.05, 0.1) is 6.20 Å².